The highest BCUT2D eigenvalue weighted by Crippen LogP contribution is 2.15. The van der Waals surface area contributed by atoms with Gasteiger partial charge < -0.3 is 20.8 Å². The predicted molar refractivity (Wildman–Crippen MR) is 64.6 cm³/mol. The van der Waals surface area contributed by atoms with E-state index in [2.05, 4.69) is 10.6 Å². The minimum Gasteiger partial charge on any atom is -0.505 e. The average Bonchev–Trinajstić information content (AvgIpc) is 2.31. The van der Waals surface area contributed by atoms with Gasteiger partial charge in [-0.15, -0.1) is 0 Å². The molecule has 0 heterocycles. The van der Waals surface area contributed by atoms with Gasteiger partial charge in [-0.3, -0.25) is 0 Å². The molecule has 6 heteroatoms. The van der Waals surface area contributed by atoms with Crippen LogP contribution in [-0.2, 0) is 6.54 Å². The molecule has 0 aromatic heterocycles. The monoisotopic (exact) mass is 256 g/mol. The van der Waals surface area contributed by atoms with Crippen molar-refractivity contribution in [2.75, 3.05) is 6.61 Å². The van der Waals surface area contributed by atoms with Gasteiger partial charge in [0.1, 0.15) is 0 Å². The first-order valence-corrected chi connectivity index (χ1v) is 5.65. The van der Waals surface area contributed by atoms with Gasteiger partial charge in [-0.2, -0.15) is 0 Å². The van der Waals surface area contributed by atoms with Crippen molar-refractivity contribution in [3.8, 4) is 5.75 Å². The van der Waals surface area contributed by atoms with Gasteiger partial charge in [0.05, 0.1) is 0 Å². The van der Waals surface area contributed by atoms with Crippen LogP contribution < -0.4 is 10.6 Å². The molecule has 0 fully saturated rings. The van der Waals surface area contributed by atoms with Crippen LogP contribution in [0.2, 0.25) is 0 Å². The summed E-state index contributed by atoms with van der Waals surface area (Å²) in [5, 5.41) is 22.9. The molecule has 0 saturated carbocycles. The zero-order valence-corrected chi connectivity index (χ0v) is 10.1. The summed E-state index contributed by atoms with van der Waals surface area (Å²) in [4.78, 5) is 11.4. The summed E-state index contributed by atoms with van der Waals surface area (Å²) < 4.78 is 13.0. The Labute approximate surface area is 105 Å². The Bertz CT molecular complexity index is 412. The molecule has 0 radical (unpaired) electrons. The number of rotatable bonds is 5. The summed E-state index contributed by atoms with van der Waals surface area (Å²) in [6.07, 6.45) is 0.473. The number of hydrogen-bond acceptors (Lipinski definition) is 3. The number of halogens is 1. The summed E-state index contributed by atoms with van der Waals surface area (Å²) in [6.45, 7) is 1.94. The largest absolute Gasteiger partial charge is 0.505 e. The second kappa shape index (κ2) is 6.80. The van der Waals surface area contributed by atoms with Crippen LogP contribution in [0.25, 0.3) is 0 Å². The number of hydrogen-bond donors (Lipinski definition) is 4. The summed E-state index contributed by atoms with van der Waals surface area (Å²) in [7, 11) is 0. The lowest BCUT2D eigenvalue weighted by Crippen LogP contribution is -2.40. The highest BCUT2D eigenvalue weighted by atomic mass is 19.1. The van der Waals surface area contributed by atoms with Gasteiger partial charge in [0, 0.05) is 19.2 Å². The molecule has 1 rings (SSSR count). The summed E-state index contributed by atoms with van der Waals surface area (Å²) in [5.41, 5.74) is 0.551. The molecule has 1 atom stereocenters. The summed E-state index contributed by atoms with van der Waals surface area (Å²) in [5.74, 6) is -1.14. The molecule has 0 spiro atoms. The normalized spacial score (nSPS) is 11.9. The summed E-state index contributed by atoms with van der Waals surface area (Å²) in [6, 6.07) is 3.40. The number of aliphatic hydroxyl groups is 1. The molecular weight excluding hydrogens is 239 g/mol. The number of carbonyl (C=O) groups excluding carboxylic acids is 1. The lowest BCUT2D eigenvalue weighted by atomic mass is 10.2. The van der Waals surface area contributed by atoms with Crippen molar-refractivity contribution >= 4 is 6.03 Å². The second-order valence-electron chi connectivity index (χ2n) is 4.03. The fourth-order valence-electron chi connectivity index (χ4n) is 1.38. The number of phenolic OH excluding ortho intramolecular Hbond substituents is 1. The van der Waals surface area contributed by atoms with Crippen molar-refractivity contribution in [3.05, 3.63) is 29.6 Å². The minimum atomic E-state index is -0.719. The third-order valence-electron chi connectivity index (χ3n) is 2.40. The van der Waals surface area contributed by atoms with Gasteiger partial charge in [0.15, 0.2) is 11.6 Å². The van der Waals surface area contributed by atoms with Gasteiger partial charge >= 0.3 is 6.03 Å². The third kappa shape index (κ3) is 4.58. The van der Waals surface area contributed by atoms with Gasteiger partial charge in [-0.05, 0) is 31.0 Å². The quantitative estimate of drug-likeness (QED) is 0.637. The van der Waals surface area contributed by atoms with Crippen LogP contribution in [0.5, 0.6) is 5.75 Å². The highest BCUT2D eigenvalue weighted by Gasteiger charge is 2.07. The fourth-order valence-corrected chi connectivity index (χ4v) is 1.38. The Balaban J connectivity index is 2.40. The molecular formula is C12H17FN2O3. The number of urea groups is 1. The molecule has 4 N–H and O–H groups in total. The molecule has 18 heavy (non-hydrogen) atoms. The summed E-state index contributed by atoms with van der Waals surface area (Å²) >= 11 is 0. The van der Waals surface area contributed by atoms with Crippen LogP contribution in [-0.4, -0.2) is 28.9 Å². The van der Waals surface area contributed by atoms with E-state index in [-0.39, 0.29) is 25.2 Å². The molecule has 0 aliphatic carbocycles. The minimum absolute atomic E-state index is 0.00458. The van der Waals surface area contributed by atoms with Crippen molar-refractivity contribution in [1.29, 1.82) is 0 Å². The maximum Gasteiger partial charge on any atom is 0.315 e. The van der Waals surface area contributed by atoms with Gasteiger partial charge in [-0.1, -0.05) is 6.07 Å². The van der Waals surface area contributed by atoms with E-state index in [0.717, 1.165) is 6.07 Å². The highest BCUT2D eigenvalue weighted by molar-refractivity contribution is 5.74. The number of phenols is 1. The first-order valence-electron chi connectivity index (χ1n) is 5.65. The Morgan fingerprint density at radius 1 is 1.50 bits per heavy atom. The first kappa shape index (κ1) is 14.2. The van der Waals surface area contributed by atoms with E-state index in [1.54, 1.807) is 6.92 Å². The van der Waals surface area contributed by atoms with Crippen LogP contribution in [0.1, 0.15) is 18.9 Å². The van der Waals surface area contributed by atoms with Crippen molar-refractivity contribution in [1.82, 2.24) is 10.6 Å². The molecule has 0 saturated heterocycles. The standard InChI is InChI=1S/C12H17FN2O3/c1-8(4-5-16)15-12(18)14-7-9-2-3-11(17)10(13)6-9/h2-3,6,8,16-17H,4-5,7H2,1H3,(H2,14,15,18)/t8-/m1/s1. The molecule has 0 bridgehead atoms. The molecule has 0 aliphatic rings. The SMILES string of the molecule is C[C@H](CCO)NC(=O)NCc1ccc(O)c(F)c1. The zero-order chi connectivity index (χ0) is 13.5. The number of benzene rings is 1. The van der Waals surface area contributed by atoms with Crippen molar-refractivity contribution < 1.29 is 19.4 Å². The molecule has 5 nitrogen and oxygen atoms in total. The predicted octanol–water partition coefficient (Wildman–Crippen LogP) is 1.10. The van der Waals surface area contributed by atoms with Gasteiger partial charge in [0.2, 0.25) is 0 Å². The molecule has 1 aromatic rings. The van der Waals surface area contributed by atoms with Crippen LogP contribution >= 0.6 is 0 Å². The average molecular weight is 256 g/mol. The Morgan fingerprint density at radius 3 is 2.83 bits per heavy atom. The smallest absolute Gasteiger partial charge is 0.315 e. The van der Waals surface area contributed by atoms with Crippen LogP contribution in [0.3, 0.4) is 0 Å². The van der Waals surface area contributed by atoms with Crippen LogP contribution in [0.4, 0.5) is 9.18 Å². The lowest BCUT2D eigenvalue weighted by Gasteiger charge is -2.13. The second-order valence-corrected chi connectivity index (χ2v) is 4.03. The molecule has 0 unspecified atom stereocenters. The fraction of sp³-hybridized carbons (Fsp3) is 0.417. The van der Waals surface area contributed by atoms with Crippen molar-refractivity contribution in [2.45, 2.75) is 25.9 Å². The number of nitrogens with one attached hydrogen (secondary N) is 2. The number of aromatic hydroxyl groups is 1. The molecule has 0 aliphatic heterocycles. The molecule has 1 aromatic carbocycles. The number of carbonyl (C=O) groups is 1. The van der Waals surface area contributed by atoms with E-state index in [1.807, 2.05) is 0 Å². The van der Waals surface area contributed by atoms with E-state index in [9.17, 15) is 9.18 Å². The Kier molecular flexibility index (Phi) is 5.38. The number of amides is 2. The van der Waals surface area contributed by atoms with E-state index in [0.29, 0.717) is 12.0 Å². The first-order chi connectivity index (χ1) is 8.52. The third-order valence-corrected chi connectivity index (χ3v) is 2.40. The molecule has 2 amide bonds. The molecule has 100 valence electrons. The lowest BCUT2D eigenvalue weighted by molar-refractivity contribution is 0.230. The van der Waals surface area contributed by atoms with Crippen LogP contribution in [0, 0.1) is 5.82 Å². The number of aliphatic hydroxyl groups excluding tert-OH is 1. The van der Waals surface area contributed by atoms with E-state index >= 15 is 0 Å². The topological polar surface area (TPSA) is 81.6 Å². The Hall–Kier alpha value is -1.82. The van der Waals surface area contributed by atoms with Gasteiger partial charge in [-0.25, -0.2) is 9.18 Å². The zero-order valence-electron chi connectivity index (χ0n) is 10.1. The maximum atomic E-state index is 13.0. The van der Waals surface area contributed by atoms with E-state index in [1.165, 1.54) is 12.1 Å². The van der Waals surface area contributed by atoms with E-state index < -0.39 is 11.6 Å². The van der Waals surface area contributed by atoms with Crippen molar-refractivity contribution in [3.63, 3.8) is 0 Å². The van der Waals surface area contributed by atoms with Gasteiger partial charge in [0.25, 0.3) is 0 Å². The van der Waals surface area contributed by atoms with E-state index in [4.69, 9.17) is 10.2 Å². The maximum absolute atomic E-state index is 13.0. The van der Waals surface area contributed by atoms with Crippen LogP contribution in [0.15, 0.2) is 18.2 Å². The van der Waals surface area contributed by atoms with Crippen molar-refractivity contribution in [2.24, 2.45) is 0 Å². The Morgan fingerprint density at radius 2 is 2.22 bits per heavy atom.